The lowest BCUT2D eigenvalue weighted by atomic mass is 9.89. The smallest absolute Gasteiger partial charge is 0.149 e. The molecule has 1 saturated carbocycles. The van der Waals surface area contributed by atoms with Crippen molar-refractivity contribution >= 4 is 0 Å². The molecule has 66 valence electrons. The number of epoxide rings is 1. The molecule has 2 rings (SSSR count). The summed E-state index contributed by atoms with van der Waals surface area (Å²) in [5.41, 5.74) is -0.0581. The van der Waals surface area contributed by atoms with Crippen molar-refractivity contribution in [1.82, 2.24) is 0 Å². The van der Waals surface area contributed by atoms with Gasteiger partial charge in [0.2, 0.25) is 0 Å². The van der Waals surface area contributed by atoms with Crippen molar-refractivity contribution in [2.24, 2.45) is 5.92 Å². The van der Waals surface area contributed by atoms with Crippen molar-refractivity contribution in [3.05, 3.63) is 0 Å². The van der Waals surface area contributed by atoms with Gasteiger partial charge in [0.15, 0.2) is 0 Å². The lowest BCUT2D eigenvalue weighted by molar-refractivity contribution is 0.376. The molecule has 0 aromatic heterocycles. The molecule has 1 nitrogen and oxygen atoms in total. The first-order valence-corrected chi connectivity index (χ1v) is 4.95. The molecule has 0 spiro atoms. The van der Waals surface area contributed by atoms with Crippen LogP contribution in [0.5, 0.6) is 0 Å². The van der Waals surface area contributed by atoms with Crippen LogP contribution in [0.4, 0.5) is 0 Å². The zero-order chi connectivity index (χ0) is 8.44. The van der Waals surface area contributed by atoms with Gasteiger partial charge in [-0.15, -0.1) is 0 Å². The quantitative estimate of drug-likeness (QED) is 0.395. The Hall–Kier alpha value is -0.480. The van der Waals surface area contributed by atoms with E-state index in [-0.39, 0.29) is 5.60 Å². The first-order chi connectivity index (χ1) is 5.79. The number of rotatable bonds is 0. The number of hydrogen-bond donors (Lipinski definition) is 0. The molecular weight excluding hydrogens is 148 g/mol. The minimum Gasteiger partial charge on any atom is -0.356 e. The van der Waals surface area contributed by atoms with Gasteiger partial charge in [-0.1, -0.05) is 31.1 Å². The van der Waals surface area contributed by atoms with Crippen LogP contribution >= 0.6 is 0 Å². The van der Waals surface area contributed by atoms with Gasteiger partial charge < -0.3 is 4.74 Å². The van der Waals surface area contributed by atoms with E-state index >= 15 is 0 Å². The van der Waals surface area contributed by atoms with Crippen molar-refractivity contribution in [2.75, 3.05) is 6.61 Å². The second-order valence-corrected chi connectivity index (χ2v) is 4.12. The normalized spacial score (nSPS) is 35.4. The Morgan fingerprint density at radius 1 is 1.25 bits per heavy atom. The lowest BCUT2D eigenvalue weighted by Gasteiger charge is -2.15. The fraction of sp³-hybridized carbons (Fsp3) is 0.818. The van der Waals surface area contributed by atoms with Gasteiger partial charge in [0, 0.05) is 5.92 Å². The van der Waals surface area contributed by atoms with Crippen LogP contribution in [0.3, 0.4) is 0 Å². The molecule has 1 unspecified atom stereocenters. The molecule has 0 aromatic carbocycles. The first-order valence-electron chi connectivity index (χ1n) is 4.95. The van der Waals surface area contributed by atoms with E-state index in [2.05, 4.69) is 18.8 Å². The van der Waals surface area contributed by atoms with Crippen molar-refractivity contribution in [1.29, 1.82) is 0 Å². The van der Waals surface area contributed by atoms with E-state index in [1.54, 1.807) is 0 Å². The van der Waals surface area contributed by atoms with Crippen molar-refractivity contribution < 1.29 is 4.74 Å². The van der Waals surface area contributed by atoms with E-state index in [9.17, 15) is 0 Å². The molecule has 0 N–H and O–H groups in total. The van der Waals surface area contributed by atoms with Crippen LogP contribution in [0.2, 0.25) is 0 Å². The van der Waals surface area contributed by atoms with E-state index in [1.165, 1.54) is 32.1 Å². The molecule has 0 amide bonds. The van der Waals surface area contributed by atoms with Crippen molar-refractivity contribution in [2.45, 2.75) is 44.6 Å². The predicted octanol–water partition coefficient (Wildman–Crippen LogP) is 2.36. The summed E-state index contributed by atoms with van der Waals surface area (Å²) < 4.78 is 5.21. The van der Waals surface area contributed by atoms with Crippen LogP contribution in [-0.4, -0.2) is 12.2 Å². The highest BCUT2D eigenvalue weighted by molar-refractivity contribution is 5.20. The van der Waals surface area contributed by atoms with Crippen LogP contribution in [0.1, 0.15) is 39.0 Å². The molecule has 1 aliphatic heterocycles. The van der Waals surface area contributed by atoms with Gasteiger partial charge in [0.1, 0.15) is 5.60 Å². The fourth-order valence-corrected chi connectivity index (χ4v) is 1.68. The fourth-order valence-electron chi connectivity index (χ4n) is 1.68. The van der Waals surface area contributed by atoms with Crippen LogP contribution in [-0.2, 0) is 4.74 Å². The molecule has 1 heteroatoms. The summed E-state index contributed by atoms with van der Waals surface area (Å²) in [4.78, 5) is 0. The summed E-state index contributed by atoms with van der Waals surface area (Å²) in [5.74, 6) is 7.25. The molecule has 2 fully saturated rings. The third-order valence-corrected chi connectivity index (χ3v) is 2.72. The van der Waals surface area contributed by atoms with Crippen LogP contribution in [0.25, 0.3) is 0 Å². The second-order valence-electron chi connectivity index (χ2n) is 4.12. The Balaban J connectivity index is 1.86. The van der Waals surface area contributed by atoms with E-state index in [1.807, 2.05) is 0 Å². The Morgan fingerprint density at radius 2 is 1.92 bits per heavy atom. The third kappa shape index (κ3) is 2.01. The molecule has 0 aromatic rings. The maximum Gasteiger partial charge on any atom is 0.149 e. The van der Waals surface area contributed by atoms with Gasteiger partial charge in [0.05, 0.1) is 6.61 Å². The Kier molecular flexibility index (Phi) is 2.11. The summed E-state index contributed by atoms with van der Waals surface area (Å²) in [6.45, 7) is 2.91. The predicted molar refractivity (Wildman–Crippen MR) is 48.7 cm³/mol. The second kappa shape index (κ2) is 3.11. The average Bonchev–Trinajstić information content (AvgIpc) is 2.84. The van der Waals surface area contributed by atoms with E-state index in [0.717, 1.165) is 6.61 Å². The largest absolute Gasteiger partial charge is 0.356 e. The van der Waals surface area contributed by atoms with Gasteiger partial charge >= 0.3 is 0 Å². The van der Waals surface area contributed by atoms with E-state index in [4.69, 9.17) is 4.74 Å². The molecule has 1 aliphatic carbocycles. The number of ether oxygens (including phenoxy) is 1. The maximum atomic E-state index is 5.21. The highest BCUT2D eigenvalue weighted by atomic mass is 16.6. The van der Waals surface area contributed by atoms with Gasteiger partial charge in [0.25, 0.3) is 0 Å². The van der Waals surface area contributed by atoms with Crippen LogP contribution in [0.15, 0.2) is 0 Å². The van der Waals surface area contributed by atoms with E-state index < -0.39 is 0 Å². The molecule has 0 radical (unpaired) electrons. The summed E-state index contributed by atoms with van der Waals surface area (Å²) in [6, 6.07) is 0. The van der Waals surface area contributed by atoms with Gasteiger partial charge in [-0.3, -0.25) is 0 Å². The Labute approximate surface area is 74.5 Å². The Morgan fingerprint density at radius 3 is 2.50 bits per heavy atom. The summed E-state index contributed by atoms with van der Waals surface area (Å²) in [7, 11) is 0. The minimum absolute atomic E-state index is 0.0581. The zero-order valence-electron chi connectivity index (χ0n) is 7.73. The number of hydrogen-bond acceptors (Lipinski definition) is 1. The van der Waals surface area contributed by atoms with E-state index in [0.29, 0.717) is 5.92 Å². The van der Waals surface area contributed by atoms with Crippen molar-refractivity contribution in [3.63, 3.8) is 0 Å². The van der Waals surface area contributed by atoms with Gasteiger partial charge in [-0.25, -0.2) is 0 Å². The van der Waals surface area contributed by atoms with Crippen molar-refractivity contribution in [3.8, 4) is 11.8 Å². The van der Waals surface area contributed by atoms with Crippen LogP contribution in [0, 0.1) is 17.8 Å². The molecule has 0 bridgehead atoms. The van der Waals surface area contributed by atoms with Crippen LogP contribution < -0.4 is 0 Å². The summed E-state index contributed by atoms with van der Waals surface area (Å²) >= 11 is 0. The highest BCUT2D eigenvalue weighted by Crippen LogP contribution is 2.26. The molecule has 1 heterocycles. The first kappa shape index (κ1) is 8.13. The lowest BCUT2D eigenvalue weighted by Crippen LogP contribution is -2.05. The zero-order valence-corrected chi connectivity index (χ0v) is 7.73. The molecular formula is C11H16O. The maximum absolute atomic E-state index is 5.21. The SMILES string of the molecule is CC1(C#CC2CCCCC2)CO1. The molecule has 1 atom stereocenters. The summed E-state index contributed by atoms with van der Waals surface area (Å²) in [6.07, 6.45) is 6.77. The molecule has 1 saturated heterocycles. The average molecular weight is 164 g/mol. The Bertz CT molecular complexity index is 211. The molecule has 2 aliphatic rings. The molecule has 12 heavy (non-hydrogen) atoms. The van der Waals surface area contributed by atoms with Gasteiger partial charge in [-0.05, 0) is 19.8 Å². The standard InChI is InChI=1S/C11H16O/c1-11(9-12-11)8-7-10-5-3-2-4-6-10/h10H,2-6,9H2,1H3. The minimum atomic E-state index is -0.0581. The monoisotopic (exact) mass is 164 g/mol. The summed E-state index contributed by atoms with van der Waals surface area (Å²) in [5, 5.41) is 0. The topological polar surface area (TPSA) is 12.5 Å². The highest BCUT2D eigenvalue weighted by Gasteiger charge is 2.37. The third-order valence-electron chi connectivity index (χ3n) is 2.72. The van der Waals surface area contributed by atoms with Gasteiger partial charge in [-0.2, -0.15) is 0 Å².